The molecule has 0 aliphatic rings. The summed E-state index contributed by atoms with van der Waals surface area (Å²) in [7, 11) is 2.61. The molecular formula is C28H31Cl3F6N10O4. The zero-order chi connectivity index (χ0) is 39.3. The molecule has 0 bridgehead atoms. The van der Waals surface area contributed by atoms with Crippen molar-refractivity contribution in [3.63, 3.8) is 0 Å². The highest BCUT2D eigenvalue weighted by Gasteiger charge is 2.36. The average molecular weight is 792 g/mol. The predicted octanol–water partition coefficient (Wildman–Crippen LogP) is 6.79. The maximum Gasteiger partial charge on any atom is 0.420 e. The molecule has 4 rings (SSSR count). The molecule has 51 heavy (non-hydrogen) atoms. The van der Waals surface area contributed by atoms with E-state index in [1.54, 1.807) is 47.7 Å². The number of aromatic nitrogens is 8. The molecule has 0 aliphatic heterocycles. The van der Waals surface area contributed by atoms with Crippen LogP contribution in [0.5, 0.6) is 0 Å². The molecule has 23 heteroatoms. The van der Waals surface area contributed by atoms with Crippen LogP contribution in [0.3, 0.4) is 0 Å². The van der Waals surface area contributed by atoms with Gasteiger partial charge in [0.15, 0.2) is 11.1 Å². The molecule has 0 aromatic carbocycles. The number of halogens is 9. The molecule has 4 aromatic heterocycles. The van der Waals surface area contributed by atoms with Crippen molar-refractivity contribution < 1.29 is 45.4 Å². The lowest BCUT2D eigenvalue weighted by molar-refractivity contribution is -0.150. The standard InChI is InChI=1S/C14H15ClF3N5O2.C9H15N3O2.C5HCl2F3N2/c1-7-9(6-23(22-7)13(2,3)11(24)25-4)20-12-19-5-8(10(15)21-12)14(16,17)18;1-6-7(10)5-12(11-6)9(2,3)8(13)14-4;6-3-2(5(8,9)10)1-11-4(7)12-3/h5-6H,1-4H3,(H,19,20,21);5H,10H2,1-4H3;1H. The van der Waals surface area contributed by atoms with Crippen LogP contribution in [-0.2, 0) is 42.5 Å². The van der Waals surface area contributed by atoms with Gasteiger partial charge in [0, 0.05) is 18.6 Å². The number of hydrogen-bond donors (Lipinski definition) is 2. The summed E-state index contributed by atoms with van der Waals surface area (Å²) in [5.41, 5.74) is 3.71. The van der Waals surface area contributed by atoms with Crippen molar-refractivity contribution in [2.75, 3.05) is 25.3 Å². The van der Waals surface area contributed by atoms with Gasteiger partial charge in [-0.1, -0.05) is 23.2 Å². The summed E-state index contributed by atoms with van der Waals surface area (Å²) in [5.74, 6) is -0.980. The second-order valence-electron chi connectivity index (χ2n) is 11.2. The molecule has 4 aromatic rings. The van der Waals surface area contributed by atoms with Crippen molar-refractivity contribution in [2.45, 2.75) is 65.0 Å². The van der Waals surface area contributed by atoms with Crippen LogP contribution in [0.25, 0.3) is 0 Å². The van der Waals surface area contributed by atoms with Gasteiger partial charge in [0.05, 0.1) is 43.2 Å². The summed E-state index contributed by atoms with van der Waals surface area (Å²) >= 11 is 15.9. The number of ether oxygens (including phenoxy) is 2. The molecule has 14 nitrogen and oxygen atoms in total. The summed E-state index contributed by atoms with van der Waals surface area (Å²) in [6.45, 7) is 10.1. The van der Waals surface area contributed by atoms with Gasteiger partial charge in [0.2, 0.25) is 11.2 Å². The second-order valence-corrected chi connectivity index (χ2v) is 12.2. The Bertz CT molecular complexity index is 1840. The van der Waals surface area contributed by atoms with Crippen molar-refractivity contribution in [3.8, 4) is 0 Å². The number of rotatable bonds is 6. The molecule has 0 spiro atoms. The van der Waals surface area contributed by atoms with E-state index in [2.05, 4.69) is 40.2 Å². The van der Waals surface area contributed by atoms with Crippen molar-refractivity contribution in [1.82, 2.24) is 39.5 Å². The number of nitrogens with two attached hydrogens (primary N) is 1. The van der Waals surface area contributed by atoms with Crippen LogP contribution < -0.4 is 11.1 Å². The molecule has 3 N–H and O–H groups in total. The van der Waals surface area contributed by atoms with Gasteiger partial charge in [0.25, 0.3) is 0 Å². The van der Waals surface area contributed by atoms with E-state index >= 15 is 0 Å². The van der Waals surface area contributed by atoms with Crippen molar-refractivity contribution in [2.24, 2.45) is 0 Å². The van der Waals surface area contributed by atoms with Crippen LogP contribution in [0.4, 0.5) is 43.7 Å². The van der Waals surface area contributed by atoms with Crippen molar-refractivity contribution in [1.29, 1.82) is 0 Å². The molecule has 280 valence electrons. The van der Waals surface area contributed by atoms with E-state index in [0.29, 0.717) is 35.2 Å². The minimum absolute atomic E-state index is 0.128. The minimum atomic E-state index is -4.64. The topological polar surface area (TPSA) is 178 Å². The first-order chi connectivity index (χ1) is 23.3. The molecule has 0 saturated heterocycles. The molecule has 0 aliphatic carbocycles. The summed E-state index contributed by atoms with van der Waals surface area (Å²) < 4.78 is 86.2. The van der Waals surface area contributed by atoms with E-state index in [1.165, 1.54) is 29.8 Å². The summed E-state index contributed by atoms with van der Waals surface area (Å²) in [6.07, 6.45) is -4.91. The number of esters is 2. The van der Waals surface area contributed by atoms with E-state index in [1.807, 2.05) is 0 Å². The van der Waals surface area contributed by atoms with E-state index < -0.39 is 50.8 Å². The Balaban J connectivity index is 0.000000292. The lowest BCUT2D eigenvalue weighted by atomic mass is 10.1. The number of methoxy groups -OCH3 is 2. The van der Waals surface area contributed by atoms with Gasteiger partial charge in [0.1, 0.15) is 21.4 Å². The van der Waals surface area contributed by atoms with Gasteiger partial charge >= 0.3 is 24.3 Å². The van der Waals surface area contributed by atoms with Crippen LogP contribution >= 0.6 is 34.8 Å². The van der Waals surface area contributed by atoms with E-state index in [-0.39, 0.29) is 17.2 Å². The van der Waals surface area contributed by atoms with Gasteiger partial charge in [-0.05, 0) is 53.1 Å². The summed E-state index contributed by atoms with van der Waals surface area (Å²) in [4.78, 5) is 36.8. The monoisotopic (exact) mass is 790 g/mol. The van der Waals surface area contributed by atoms with E-state index in [0.717, 1.165) is 0 Å². The summed E-state index contributed by atoms with van der Waals surface area (Å²) in [6, 6.07) is 0. The van der Waals surface area contributed by atoms with Gasteiger partial charge in [-0.2, -0.15) is 36.5 Å². The molecule has 0 atom stereocenters. The van der Waals surface area contributed by atoms with Gasteiger partial charge in [-0.15, -0.1) is 0 Å². The molecule has 4 heterocycles. The van der Waals surface area contributed by atoms with Crippen LogP contribution in [-0.4, -0.2) is 65.7 Å². The summed E-state index contributed by atoms with van der Waals surface area (Å²) in [5, 5.41) is 9.36. The lowest BCUT2D eigenvalue weighted by Crippen LogP contribution is -2.37. The Morgan fingerprint density at radius 1 is 0.745 bits per heavy atom. The smallest absolute Gasteiger partial charge is 0.420 e. The number of anilines is 3. The third-order valence-electron chi connectivity index (χ3n) is 6.66. The maximum absolute atomic E-state index is 12.7. The number of hydrogen-bond acceptors (Lipinski definition) is 12. The highest BCUT2D eigenvalue weighted by molar-refractivity contribution is 6.32. The third kappa shape index (κ3) is 10.8. The fourth-order valence-corrected chi connectivity index (χ4v) is 4.23. The van der Waals surface area contributed by atoms with Crippen LogP contribution in [0, 0.1) is 13.8 Å². The SMILES string of the molecule is COC(=O)C(C)(C)n1cc(N)c(C)n1.COC(=O)C(C)(C)n1cc(Nc2ncc(C(F)(F)F)c(Cl)n2)c(C)n1.FC(F)(F)c1cnc(Cl)nc1Cl. The van der Waals surface area contributed by atoms with Gasteiger partial charge in [-0.3, -0.25) is 9.36 Å². The molecule has 0 amide bonds. The number of nitrogen functional groups attached to an aromatic ring is 1. The van der Waals surface area contributed by atoms with Crippen LogP contribution in [0.2, 0.25) is 15.6 Å². The Hall–Kier alpha value is -4.43. The quantitative estimate of drug-likeness (QED) is 0.0906. The Labute approximate surface area is 301 Å². The van der Waals surface area contributed by atoms with E-state index in [4.69, 9.17) is 45.3 Å². The fourth-order valence-electron chi connectivity index (χ4n) is 3.58. The van der Waals surface area contributed by atoms with Gasteiger partial charge < -0.3 is 20.5 Å². The number of nitrogens with one attached hydrogen (secondary N) is 1. The average Bonchev–Trinajstić information content (AvgIpc) is 3.56. The third-order valence-corrected chi connectivity index (χ3v) is 7.42. The molecule has 0 unspecified atom stereocenters. The number of alkyl halides is 6. The molecule has 0 saturated carbocycles. The maximum atomic E-state index is 12.7. The number of nitrogens with zero attached hydrogens (tertiary/aromatic N) is 8. The number of carbonyl (C=O) groups is 2. The minimum Gasteiger partial charge on any atom is -0.467 e. The largest absolute Gasteiger partial charge is 0.467 e. The van der Waals surface area contributed by atoms with Crippen LogP contribution in [0.1, 0.15) is 50.2 Å². The highest BCUT2D eigenvalue weighted by atomic mass is 35.5. The lowest BCUT2D eigenvalue weighted by Gasteiger charge is -2.21. The zero-order valence-corrected chi connectivity index (χ0v) is 30.3. The zero-order valence-electron chi connectivity index (χ0n) is 28.0. The molecular weight excluding hydrogens is 761 g/mol. The van der Waals surface area contributed by atoms with Crippen LogP contribution in [0.15, 0.2) is 24.8 Å². The highest BCUT2D eigenvalue weighted by Crippen LogP contribution is 2.35. The first kappa shape index (κ1) is 42.7. The first-order valence-corrected chi connectivity index (χ1v) is 15.1. The van der Waals surface area contributed by atoms with Gasteiger partial charge in [-0.25, -0.2) is 29.5 Å². The number of aryl methyl sites for hydroxylation is 2. The fraction of sp³-hybridized carbons (Fsp3) is 0.429. The van der Waals surface area contributed by atoms with Crippen molar-refractivity contribution >= 4 is 64.1 Å². The number of carbonyl (C=O) groups excluding carboxylic acids is 2. The molecule has 0 radical (unpaired) electrons. The second kappa shape index (κ2) is 16.3. The normalized spacial score (nSPS) is 11.9. The Morgan fingerprint density at radius 3 is 1.57 bits per heavy atom. The Morgan fingerprint density at radius 2 is 1.18 bits per heavy atom. The van der Waals surface area contributed by atoms with E-state index in [9.17, 15) is 35.9 Å². The molecule has 0 fully saturated rings. The predicted molar refractivity (Wildman–Crippen MR) is 173 cm³/mol. The Kier molecular flexibility index (Phi) is 13.6. The first-order valence-electron chi connectivity index (χ1n) is 13.9. The van der Waals surface area contributed by atoms with Crippen molar-refractivity contribution in [3.05, 3.63) is 62.9 Å².